The second-order valence-electron chi connectivity index (χ2n) is 5.28. The van der Waals surface area contributed by atoms with Gasteiger partial charge in [-0.15, -0.1) is 0 Å². The predicted octanol–water partition coefficient (Wildman–Crippen LogP) is 2.28. The molecule has 4 rings (SSSR count). The third kappa shape index (κ3) is 2.58. The quantitative estimate of drug-likeness (QED) is 0.721. The number of hydrogen-bond acceptors (Lipinski definition) is 7. The van der Waals surface area contributed by atoms with Crippen LogP contribution in [0.5, 0.6) is 0 Å². The van der Waals surface area contributed by atoms with Gasteiger partial charge < -0.3 is 9.80 Å². The molecule has 3 aromatic rings. The summed E-state index contributed by atoms with van der Waals surface area (Å²) >= 11 is 1.72. The molecular weight excluding hydrogens is 308 g/mol. The molecule has 7 heteroatoms. The normalized spacial score (nSPS) is 14.9. The number of para-hydroxylation sites is 1. The maximum Gasteiger partial charge on any atom is 0.186 e. The van der Waals surface area contributed by atoms with E-state index in [1.807, 2.05) is 18.2 Å². The SMILES string of the molecule is N#Cc1nccnc1N1CCN(c2nc3ccccc3s2)CC1. The molecule has 1 aliphatic rings. The maximum atomic E-state index is 9.16. The zero-order valence-electron chi connectivity index (χ0n) is 12.4. The van der Waals surface area contributed by atoms with Crippen LogP contribution in [-0.4, -0.2) is 41.1 Å². The second-order valence-corrected chi connectivity index (χ2v) is 6.29. The molecule has 0 atom stereocenters. The Bertz CT molecular complexity index is 842. The van der Waals surface area contributed by atoms with Crippen molar-refractivity contribution in [2.24, 2.45) is 0 Å². The van der Waals surface area contributed by atoms with Gasteiger partial charge in [0.25, 0.3) is 0 Å². The second kappa shape index (κ2) is 5.82. The predicted molar refractivity (Wildman–Crippen MR) is 90.8 cm³/mol. The summed E-state index contributed by atoms with van der Waals surface area (Å²) < 4.78 is 1.21. The van der Waals surface area contributed by atoms with Crippen LogP contribution in [-0.2, 0) is 0 Å². The average molecular weight is 322 g/mol. The van der Waals surface area contributed by atoms with E-state index in [-0.39, 0.29) is 0 Å². The molecule has 2 aromatic heterocycles. The van der Waals surface area contributed by atoms with Gasteiger partial charge in [-0.1, -0.05) is 23.5 Å². The van der Waals surface area contributed by atoms with Gasteiger partial charge in [-0.2, -0.15) is 5.26 Å². The fourth-order valence-corrected chi connectivity index (χ4v) is 3.76. The Labute approximate surface area is 137 Å². The maximum absolute atomic E-state index is 9.16. The van der Waals surface area contributed by atoms with Crippen LogP contribution >= 0.6 is 11.3 Å². The van der Waals surface area contributed by atoms with E-state index < -0.39 is 0 Å². The van der Waals surface area contributed by atoms with E-state index in [0.29, 0.717) is 11.5 Å². The van der Waals surface area contributed by atoms with Crippen LogP contribution in [0.2, 0.25) is 0 Å². The number of hydrogen-bond donors (Lipinski definition) is 0. The van der Waals surface area contributed by atoms with Crippen LogP contribution in [0.25, 0.3) is 10.2 Å². The Balaban J connectivity index is 1.52. The molecule has 0 amide bonds. The van der Waals surface area contributed by atoms with Gasteiger partial charge in [0, 0.05) is 38.6 Å². The molecule has 1 saturated heterocycles. The Hall–Kier alpha value is -2.72. The highest BCUT2D eigenvalue weighted by Crippen LogP contribution is 2.29. The van der Waals surface area contributed by atoms with Crippen molar-refractivity contribution in [3.63, 3.8) is 0 Å². The first-order chi connectivity index (χ1) is 11.3. The molecule has 23 heavy (non-hydrogen) atoms. The first-order valence-corrected chi connectivity index (χ1v) is 8.23. The molecule has 0 radical (unpaired) electrons. The van der Waals surface area contributed by atoms with Crippen molar-refractivity contribution < 1.29 is 0 Å². The van der Waals surface area contributed by atoms with E-state index in [4.69, 9.17) is 10.2 Å². The first-order valence-electron chi connectivity index (χ1n) is 7.42. The van der Waals surface area contributed by atoms with Crippen molar-refractivity contribution >= 4 is 32.5 Å². The minimum absolute atomic E-state index is 0.390. The number of nitrogens with zero attached hydrogens (tertiary/aromatic N) is 6. The van der Waals surface area contributed by atoms with Crippen LogP contribution in [0.15, 0.2) is 36.7 Å². The standard InChI is InChI=1S/C16H14N6S/c17-11-13-15(19-6-5-18-13)21-7-9-22(10-8-21)16-20-12-3-1-2-4-14(12)23-16/h1-6H,7-10H2. The van der Waals surface area contributed by atoms with Crippen LogP contribution in [0.1, 0.15) is 5.69 Å². The molecule has 0 unspecified atom stereocenters. The lowest BCUT2D eigenvalue weighted by Gasteiger charge is -2.35. The van der Waals surface area contributed by atoms with Crippen molar-refractivity contribution in [1.29, 1.82) is 5.26 Å². The molecule has 3 heterocycles. The van der Waals surface area contributed by atoms with Crippen molar-refractivity contribution in [1.82, 2.24) is 15.0 Å². The van der Waals surface area contributed by atoms with E-state index in [1.165, 1.54) is 4.70 Å². The highest BCUT2D eigenvalue weighted by Gasteiger charge is 2.22. The summed E-state index contributed by atoms with van der Waals surface area (Å²) in [6, 6.07) is 10.3. The highest BCUT2D eigenvalue weighted by molar-refractivity contribution is 7.22. The van der Waals surface area contributed by atoms with Gasteiger partial charge in [0.1, 0.15) is 6.07 Å². The number of piperazine rings is 1. The molecule has 114 valence electrons. The van der Waals surface area contributed by atoms with Gasteiger partial charge in [-0.05, 0) is 12.1 Å². The summed E-state index contributed by atoms with van der Waals surface area (Å²) in [5.74, 6) is 0.680. The fourth-order valence-electron chi connectivity index (χ4n) is 2.75. The van der Waals surface area contributed by atoms with Crippen LogP contribution in [0, 0.1) is 11.3 Å². The third-order valence-corrected chi connectivity index (χ3v) is 5.01. The number of fused-ring (bicyclic) bond motifs is 1. The Morgan fingerprint density at radius 1 is 1.00 bits per heavy atom. The van der Waals surface area contributed by atoms with Gasteiger partial charge in [-0.25, -0.2) is 15.0 Å². The number of benzene rings is 1. The summed E-state index contributed by atoms with van der Waals surface area (Å²) in [6.07, 6.45) is 3.19. The summed E-state index contributed by atoms with van der Waals surface area (Å²) in [4.78, 5) is 17.5. The molecule has 0 N–H and O–H groups in total. The third-order valence-electron chi connectivity index (χ3n) is 3.92. The van der Waals surface area contributed by atoms with Crippen LogP contribution in [0.3, 0.4) is 0 Å². The van der Waals surface area contributed by atoms with E-state index in [0.717, 1.165) is 36.8 Å². The summed E-state index contributed by atoms with van der Waals surface area (Å²) in [6.45, 7) is 3.34. The average Bonchev–Trinajstić information content (AvgIpc) is 3.06. The van der Waals surface area contributed by atoms with Crippen LogP contribution in [0.4, 0.5) is 10.9 Å². The molecule has 1 aromatic carbocycles. The number of aromatic nitrogens is 3. The number of rotatable bonds is 2. The van der Waals surface area contributed by atoms with Gasteiger partial charge >= 0.3 is 0 Å². The molecule has 0 bridgehead atoms. The van der Waals surface area contributed by atoms with E-state index >= 15 is 0 Å². The smallest absolute Gasteiger partial charge is 0.186 e. The van der Waals surface area contributed by atoms with Crippen molar-refractivity contribution in [2.75, 3.05) is 36.0 Å². The topological polar surface area (TPSA) is 68.9 Å². The van der Waals surface area contributed by atoms with Crippen molar-refractivity contribution in [3.8, 4) is 6.07 Å². The Morgan fingerprint density at radius 3 is 2.52 bits per heavy atom. The highest BCUT2D eigenvalue weighted by atomic mass is 32.1. The van der Waals surface area contributed by atoms with Gasteiger partial charge in [0.15, 0.2) is 16.6 Å². The molecule has 1 fully saturated rings. The molecule has 0 saturated carbocycles. The molecule has 0 aliphatic carbocycles. The lowest BCUT2D eigenvalue weighted by atomic mass is 10.3. The molecule has 0 spiro atoms. The number of anilines is 2. The molecule has 1 aliphatic heterocycles. The van der Waals surface area contributed by atoms with Gasteiger partial charge in [-0.3, -0.25) is 0 Å². The van der Waals surface area contributed by atoms with Crippen molar-refractivity contribution in [2.45, 2.75) is 0 Å². The minimum atomic E-state index is 0.390. The zero-order valence-corrected chi connectivity index (χ0v) is 13.2. The summed E-state index contributed by atoms with van der Waals surface area (Å²) in [5, 5.41) is 10.2. The number of nitriles is 1. The van der Waals surface area contributed by atoms with Gasteiger partial charge in [0.2, 0.25) is 0 Å². The first kappa shape index (κ1) is 13.9. The zero-order chi connectivity index (χ0) is 15.6. The van der Waals surface area contributed by atoms with E-state index in [1.54, 1.807) is 23.7 Å². The van der Waals surface area contributed by atoms with E-state index in [9.17, 15) is 0 Å². The summed E-state index contributed by atoms with van der Waals surface area (Å²) in [5.41, 5.74) is 1.44. The number of thiazole rings is 1. The Kier molecular flexibility index (Phi) is 3.52. The fraction of sp³-hybridized carbons (Fsp3) is 0.250. The van der Waals surface area contributed by atoms with Crippen molar-refractivity contribution in [3.05, 3.63) is 42.4 Å². The Morgan fingerprint density at radius 2 is 1.74 bits per heavy atom. The van der Waals surface area contributed by atoms with Gasteiger partial charge in [0.05, 0.1) is 10.2 Å². The van der Waals surface area contributed by atoms with E-state index in [2.05, 4.69) is 31.9 Å². The van der Waals surface area contributed by atoms with Crippen LogP contribution < -0.4 is 9.80 Å². The molecule has 6 nitrogen and oxygen atoms in total. The molecular formula is C16H14N6S. The lowest BCUT2D eigenvalue weighted by Crippen LogP contribution is -2.47. The lowest BCUT2D eigenvalue weighted by molar-refractivity contribution is 0.644. The monoisotopic (exact) mass is 322 g/mol. The largest absolute Gasteiger partial charge is 0.351 e. The summed E-state index contributed by atoms with van der Waals surface area (Å²) in [7, 11) is 0. The minimum Gasteiger partial charge on any atom is -0.351 e.